The average Bonchev–Trinajstić information content (AvgIpc) is 2.97. The highest BCUT2D eigenvalue weighted by Crippen LogP contribution is 2.37. The zero-order chi connectivity index (χ0) is 23.6. The monoisotopic (exact) mass is 459 g/mol. The summed E-state index contributed by atoms with van der Waals surface area (Å²) in [6.07, 6.45) is 3.57. The quantitative estimate of drug-likeness (QED) is 0.242. The third-order valence-corrected chi connectivity index (χ3v) is 7.04. The van der Waals surface area contributed by atoms with Crippen molar-refractivity contribution < 1.29 is 0 Å². The fraction of sp³-hybridized carbons (Fsp3) is 0. The highest BCUT2D eigenvalue weighted by molar-refractivity contribution is 6.26. The summed E-state index contributed by atoms with van der Waals surface area (Å²) in [7, 11) is 0. The van der Waals surface area contributed by atoms with Gasteiger partial charge in [-0.15, -0.1) is 10.2 Å². The van der Waals surface area contributed by atoms with Crippen molar-refractivity contribution in [2.45, 2.75) is 0 Å². The van der Waals surface area contributed by atoms with Gasteiger partial charge >= 0.3 is 0 Å². The van der Waals surface area contributed by atoms with Crippen LogP contribution >= 0.6 is 0 Å². The van der Waals surface area contributed by atoms with Crippen LogP contribution in [-0.4, -0.2) is 25.1 Å². The first-order valence-electron chi connectivity index (χ1n) is 11.9. The summed E-state index contributed by atoms with van der Waals surface area (Å²) in [5, 5.41) is 18.4. The maximum absolute atomic E-state index is 5.03. The lowest BCUT2D eigenvalue weighted by Crippen LogP contribution is -1.97. The summed E-state index contributed by atoms with van der Waals surface area (Å²) in [5.74, 6) is 0.593. The molecule has 0 bridgehead atoms. The third kappa shape index (κ3) is 2.62. The van der Waals surface area contributed by atoms with Crippen LogP contribution in [0.5, 0.6) is 0 Å². The fourth-order valence-corrected chi connectivity index (χ4v) is 5.43. The fourth-order valence-electron chi connectivity index (χ4n) is 5.43. The number of pyridine rings is 2. The standard InChI is InChI=1S/C31H17N5/c1-2-9-21-19(7-1)20-8-3-4-10-22(20)26-17-18(13-14-23(21)26)31-34-29-24-11-5-15-32-27(24)28-25(12-6-16-33-28)30(29)35-36-31/h1-17H. The maximum Gasteiger partial charge on any atom is 0.182 e. The summed E-state index contributed by atoms with van der Waals surface area (Å²) >= 11 is 0. The second kappa shape index (κ2) is 7.23. The van der Waals surface area contributed by atoms with E-state index in [2.05, 4.69) is 86.9 Å². The third-order valence-electron chi connectivity index (χ3n) is 7.04. The number of aromatic nitrogens is 5. The van der Waals surface area contributed by atoms with E-state index < -0.39 is 0 Å². The van der Waals surface area contributed by atoms with Gasteiger partial charge in [-0.2, -0.15) is 0 Å². The highest BCUT2D eigenvalue weighted by Gasteiger charge is 2.15. The molecule has 0 aliphatic heterocycles. The molecule has 0 aliphatic rings. The van der Waals surface area contributed by atoms with Crippen molar-refractivity contribution in [2.24, 2.45) is 0 Å². The minimum absolute atomic E-state index is 0.593. The Balaban J connectivity index is 1.45. The van der Waals surface area contributed by atoms with Gasteiger partial charge in [-0.05, 0) is 62.6 Å². The van der Waals surface area contributed by atoms with Crippen molar-refractivity contribution in [2.75, 3.05) is 0 Å². The van der Waals surface area contributed by atoms with Crippen molar-refractivity contribution in [3.63, 3.8) is 0 Å². The number of nitrogens with zero attached hydrogens (tertiary/aromatic N) is 5. The summed E-state index contributed by atoms with van der Waals surface area (Å²) in [6, 6.07) is 31.5. The second-order valence-electron chi connectivity index (χ2n) is 8.98. The molecule has 36 heavy (non-hydrogen) atoms. The molecule has 0 amide bonds. The van der Waals surface area contributed by atoms with Gasteiger partial charge in [0.15, 0.2) is 5.82 Å². The summed E-state index contributed by atoms with van der Waals surface area (Å²) in [5.41, 5.74) is 4.09. The Morgan fingerprint density at radius 1 is 0.389 bits per heavy atom. The van der Waals surface area contributed by atoms with Crippen LogP contribution in [0.25, 0.3) is 76.5 Å². The molecule has 3 aromatic heterocycles. The van der Waals surface area contributed by atoms with Crippen LogP contribution in [0.4, 0.5) is 0 Å². The number of hydrogen-bond donors (Lipinski definition) is 0. The Labute approximate surface area is 205 Å². The molecular formula is C31H17N5. The Bertz CT molecular complexity index is 1940. The van der Waals surface area contributed by atoms with Gasteiger partial charge in [-0.1, -0.05) is 60.7 Å². The number of benzene rings is 5. The molecule has 5 nitrogen and oxygen atoms in total. The molecular weight excluding hydrogens is 442 g/mol. The van der Waals surface area contributed by atoms with Crippen LogP contribution in [0.3, 0.4) is 0 Å². The van der Waals surface area contributed by atoms with Gasteiger partial charge in [0.25, 0.3) is 0 Å². The second-order valence-corrected chi connectivity index (χ2v) is 8.98. The minimum atomic E-state index is 0.593. The molecule has 3 heterocycles. The van der Waals surface area contributed by atoms with Crippen molar-refractivity contribution in [3.05, 3.63) is 103 Å². The van der Waals surface area contributed by atoms with E-state index in [4.69, 9.17) is 4.98 Å². The van der Waals surface area contributed by atoms with Crippen molar-refractivity contribution in [3.8, 4) is 11.4 Å². The lowest BCUT2D eigenvalue weighted by molar-refractivity contribution is 1.04. The molecule has 5 heteroatoms. The Morgan fingerprint density at radius 3 is 1.56 bits per heavy atom. The van der Waals surface area contributed by atoms with Gasteiger partial charge in [0.05, 0.1) is 11.0 Å². The Hall–Kier alpha value is -5.03. The van der Waals surface area contributed by atoms with E-state index in [1.165, 1.54) is 32.3 Å². The Morgan fingerprint density at radius 2 is 0.917 bits per heavy atom. The van der Waals surface area contributed by atoms with Gasteiger partial charge in [0.2, 0.25) is 0 Å². The van der Waals surface area contributed by atoms with E-state index in [1.54, 1.807) is 12.4 Å². The van der Waals surface area contributed by atoms with Crippen LogP contribution in [0.15, 0.2) is 103 Å². The molecule has 8 rings (SSSR count). The van der Waals surface area contributed by atoms with E-state index in [0.29, 0.717) is 5.82 Å². The van der Waals surface area contributed by atoms with Gasteiger partial charge in [0.1, 0.15) is 11.0 Å². The van der Waals surface area contributed by atoms with Crippen LogP contribution in [0.2, 0.25) is 0 Å². The summed E-state index contributed by atoms with van der Waals surface area (Å²) in [4.78, 5) is 14.2. The largest absolute Gasteiger partial charge is 0.254 e. The smallest absolute Gasteiger partial charge is 0.182 e. The normalized spacial score (nSPS) is 11.9. The summed E-state index contributed by atoms with van der Waals surface area (Å²) < 4.78 is 0. The lowest BCUT2D eigenvalue weighted by Gasteiger charge is -2.12. The minimum Gasteiger partial charge on any atom is -0.254 e. The molecule has 0 spiro atoms. The van der Waals surface area contributed by atoms with E-state index in [0.717, 1.165) is 38.4 Å². The average molecular weight is 460 g/mol. The van der Waals surface area contributed by atoms with Crippen LogP contribution in [0.1, 0.15) is 0 Å². The molecule has 0 aliphatic carbocycles. The maximum atomic E-state index is 5.03. The van der Waals surface area contributed by atoms with Crippen LogP contribution < -0.4 is 0 Å². The van der Waals surface area contributed by atoms with Crippen molar-refractivity contribution in [1.29, 1.82) is 0 Å². The van der Waals surface area contributed by atoms with Crippen LogP contribution in [-0.2, 0) is 0 Å². The SMILES string of the molecule is c1ccc2c(c1)c1ccccc1c1cc(-c3nnc4c5cccnc5c5ncccc5c4n3)ccc21. The molecule has 0 saturated carbocycles. The summed E-state index contributed by atoms with van der Waals surface area (Å²) in [6.45, 7) is 0. The first-order valence-corrected chi connectivity index (χ1v) is 11.9. The van der Waals surface area contributed by atoms with E-state index in [1.807, 2.05) is 24.3 Å². The lowest BCUT2D eigenvalue weighted by atomic mass is 9.93. The molecule has 166 valence electrons. The van der Waals surface area contributed by atoms with Crippen molar-refractivity contribution >= 4 is 65.2 Å². The molecule has 0 N–H and O–H groups in total. The number of fused-ring (bicyclic) bond motifs is 12. The topological polar surface area (TPSA) is 64.5 Å². The predicted octanol–water partition coefficient (Wildman–Crippen LogP) is 7.25. The first-order chi connectivity index (χ1) is 17.9. The molecule has 0 unspecified atom stereocenters. The zero-order valence-corrected chi connectivity index (χ0v) is 19.1. The molecule has 0 radical (unpaired) electrons. The predicted molar refractivity (Wildman–Crippen MR) is 146 cm³/mol. The zero-order valence-electron chi connectivity index (χ0n) is 19.1. The number of rotatable bonds is 1. The van der Waals surface area contributed by atoms with Gasteiger partial charge in [-0.3, -0.25) is 9.97 Å². The Kier molecular flexibility index (Phi) is 3.88. The molecule has 0 fully saturated rings. The molecule has 0 saturated heterocycles. The first kappa shape index (κ1) is 19.3. The highest BCUT2D eigenvalue weighted by atomic mass is 15.2. The van der Waals surface area contributed by atoms with E-state index in [-0.39, 0.29) is 0 Å². The van der Waals surface area contributed by atoms with Gasteiger partial charge < -0.3 is 0 Å². The molecule has 0 atom stereocenters. The van der Waals surface area contributed by atoms with E-state index in [9.17, 15) is 0 Å². The molecule has 5 aromatic carbocycles. The van der Waals surface area contributed by atoms with Gasteiger partial charge in [-0.25, -0.2) is 4.98 Å². The van der Waals surface area contributed by atoms with E-state index >= 15 is 0 Å². The number of hydrogen-bond acceptors (Lipinski definition) is 5. The molecule has 8 aromatic rings. The van der Waals surface area contributed by atoms with Crippen LogP contribution in [0, 0.1) is 0 Å². The van der Waals surface area contributed by atoms with Gasteiger partial charge in [0, 0.05) is 28.7 Å². The van der Waals surface area contributed by atoms with Crippen molar-refractivity contribution in [1.82, 2.24) is 25.1 Å².